The monoisotopic (exact) mass is 356 g/mol. The molecule has 1 heterocycles. The molecule has 1 fully saturated rings. The molecule has 3 rings (SSSR count). The third-order valence-electron chi connectivity index (χ3n) is 4.61. The van der Waals surface area contributed by atoms with Crippen LogP contribution in [0.4, 0.5) is 5.69 Å². The molecular formula is C19H20N2O5. The summed E-state index contributed by atoms with van der Waals surface area (Å²) in [5, 5.41) is 10.7. The Morgan fingerprint density at radius 2 is 1.81 bits per heavy atom. The van der Waals surface area contributed by atoms with Gasteiger partial charge >= 0.3 is 0 Å². The molecule has 7 nitrogen and oxygen atoms in total. The topological polar surface area (TPSA) is 81.9 Å². The molecule has 0 aromatic heterocycles. The fourth-order valence-electron chi connectivity index (χ4n) is 3.20. The van der Waals surface area contributed by atoms with Crippen LogP contribution in [0.15, 0.2) is 42.5 Å². The van der Waals surface area contributed by atoms with Gasteiger partial charge in [-0.25, -0.2) is 0 Å². The summed E-state index contributed by atoms with van der Waals surface area (Å²) in [5.74, 6) is 1.46. The number of non-ortho nitro benzene ring substituents is 1. The summed E-state index contributed by atoms with van der Waals surface area (Å²) in [4.78, 5) is 24.5. The van der Waals surface area contributed by atoms with Crippen molar-refractivity contribution in [1.29, 1.82) is 0 Å². The van der Waals surface area contributed by atoms with Crippen LogP contribution < -0.4 is 9.47 Å². The van der Waals surface area contributed by atoms with E-state index >= 15 is 0 Å². The van der Waals surface area contributed by atoms with Gasteiger partial charge in [0, 0.05) is 37.6 Å². The number of nitrogens with zero attached hydrogens (tertiary/aromatic N) is 2. The van der Waals surface area contributed by atoms with E-state index in [4.69, 9.17) is 9.47 Å². The first kappa shape index (κ1) is 17.7. The number of nitro benzene ring substituents is 1. The lowest BCUT2D eigenvalue weighted by Crippen LogP contribution is -2.24. The van der Waals surface area contributed by atoms with Crippen molar-refractivity contribution in [3.8, 4) is 11.5 Å². The molecule has 0 radical (unpaired) electrons. The van der Waals surface area contributed by atoms with Crippen molar-refractivity contribution >= 4 is 11.6 Å². The molecule has 26 heavy (non-hydrogen) atoms. The lowest BCUT2D eigenvalue weighted by Gasteiger charge is -2.17. The molecule has 2 aromatic carbocycles. The van der Waals surface area contributed by atoms with Crippen molar-refractivity contribution in [2.45, 2.75) is 18.9 Å². The molecule has 1 aliphatic rings. The van der Waals surface area contributed by atoms with E-state index in [0.29, 0.717) is 31.0 Å². The van der Waals surface area contributed by atoms with Crippen LogP contribution in [0.25, 0.3) is 0 Å². The van der Waals surface area contributed by atoms with Crippen LogP contribution in [0.2, 0.25) is 0 Å². The average molecular weight is 356 g/mol. The molecular weight excluding hydrogens is 336 g/mol. The molecule has 1 amide bonds. The second kappa shape index (κ2) is 7.43. The first-order valence-corrected chi connectivity index (χ1v) is 8.25. The summed E-state index contributed by atoms with van der Waals surface area (Å²) in [6.07, 6.45) is 0.433. The van der Waals surface area contributed by atoms with Gasteiger partial charge in [0.05, 0.1) is 19.1 Å². The maximum atomic E-state index is 12.4. The Bertz CT molecular complexity index is 819. The minimum Gasteiger partial charge on any atom is -0.493 e. The average Bonchev–Trinajstić information content (AvgIpc) is 3.02. The van der Waals surface area contributed by atoms with E-state index < -0.39 is 4.92 Å². The predicted octanol–water partition coefficient (Wildman–Crippen LogP) is 3.13. The Labute approximate surface area is 151 Å². The molecule has 0 saturated carbocycles. The van der Waals surface area contributed by atoms with E-state index in [1.54, 1.807) is 31.3 Å². The first-order chi connectivity index (χ1) is 12.5. The molecule has 1 atom stereocenters. The van der Waals surface area contributed by atoms with Gasteiger partial charge in [0.2, 0.25) is 5.91 Å². The fraction of sp³-hybridized carbons (Fsp3) is 0.316. The van der Waals surface area contributed by atoms with Gasteiger partial charge in [0.1, 0.15) is 0 Å². The minimum absolute atomic E-state index is 0.0460. The van der Waals surface area contributed by atoms with Gasteiger partial charge in [-0.2, -0.15) is 0 Å². The Morgan fingerprint density at radius 3 is 2.42 bits per heavy atom. The summed E-state index contributed by atoms with van der Waals surface area (Å²) < 4.78 is 10.6. The van der Waals surface area contributed by atoms with Crippen molar-refractivity contribution < 1.29 is 19.2 Å². The van der Waals surface area contributed by atoms with Gasteiger partial charge < -0.3 is 14.4 Å². The minimum atomic E-state index is -0.433. The number of ether oxygens (including phenoxy) is 2. The molecule has 0 bridgehead atoms. The van der Waals surface area contributed by atoms with Gasteiger partial charge in [-0.3, -0.25) is 14.9 Å². The van der Waals surface area contributed by atoms with Crippen molar-refractivity contribution in [2.24, 2.45) is 0 Å². The highest BCUT2D eigenvalue weighted by molar-refractivity contribution is 5.79. The number of carbonyl (C=O) groups is 1. The quantitative estimate of drug-likeness (QED) is 0.587. The van der Waals surface area contributed by atoms with Gasteiger partial charge in [-0.15, -0.1) is 0 Å². The lowest BCUT2D eigenvalue weighted by molar-refractivity contribution is -0.384. The van der Waals surface area contributed by atoms with Crippen molar-refractivity contribution in [2.75, 3.05) is 20.8 Å². The Balaban J connectivity index is 1.71. The summed E-state index contributed by atoms with van der Waals surface area (Å²) >= 11 is 0. The molecule has 0 spiro atoms. The molecule has 2 aromatic rings. The molecule has 1 saturated heterocycles. The first-order valence-electron chi connectivity index (χ1n) is 8.25. The number of carbonyl (C=O) groups excluding carboxylic acids is 1. The maximum absolute atomic E-state index is 12.4. The summed E-state index contributed by atoms with van der Waals surface area (Å²) in [6, 6.07) is 12.0. The molecule has 1 aliphatic heterocycles. The third kappa shape index (κ3) is 3.61. The van der Waals surface area contributed by atoms with E-state index in [9.17, 15) is 14.9 Å². The highest BCUT2D eigenvalue weighted by atomic mass is 16.6. The highest BCUT2D eigenvalue weighted by Crippen LogP contribution is 2.35. The van der Waals surface area contributed by atoms with E-state index in [1.165, 1.54) is 12.1 Å². The van der Waals surface area contributed by atoms with Crippen molar-refractivity contribution in [3.63, 3.8) is 0 Å². The molecule has 0 aliphatic carbocycles. The van der Waals surface area contributed by atoms with E-state index in [0.717, 1.165) is 11.1 Å². The van der Waals surface area contributed by atoms with Gasteiger partial charge in [-0.05, 0) is 23.3 Å². The van der Waals surface area contributed by atoms with Crippen LogP contribution in [0.3, 0.4) is 0 Å². The predicted molar refractivity (Wildman–Crippen MR) is 95.4 cm³/mol. The van der Waals surface area contributed by atoms with Gasteiger partial charge in [-0.1, -0.05) is 18.2 Å². The Morgan fingerprint density at radius 1 is 1.12 bits per heavy atom. The molecule has 0 N–H and O–H groups in total. The number of methoxy groups -OCH3 is 2. The summed E-state index contributed by atoms with van der Waals surface area (Å²) in [7, 11) is 3.17. The molecule has 1 unspecified atom stereocenters. The number of rotatable bonds is 6. The number of hydrogen-bond acceptors (Lipinski definition) is 5. The zero-order valence-corrected chi connectivity index (χ0v) is 14.7. The Kier molecular flexibility index (Phi) is 5.06. The van der Waals surface area contributed by atoms with E-state index in [-0.39, 0.29) is 17.5 Å². The Hall–Kier alpha value is -3.09. The van der Waals surface area contributed by atoms with Crippen molar-refractivity contribution in [1.82, 2.24) is 4.90 Å². The SMILES string of the molecule is COc1ccc(C2CC(=O)N(Cc3ccc([N+](=O)[O-])cc3)C2)cc1OC. The summed E-state index contributed by atoms with van der Waals surface area (Å²) in [5.41, 5.74) is 1.95. The summed E-state index contributed by atoms with van der Waals surface area (Å²) in [6.45, 7) is 1.05. The number of amides is 1. The normalized spacial score (nSPS) is 16.6. The zero-order valence-electron chi connectivity index (χ0n) is 14.7. The standard InChI is InChI=1S/C19H20N2O5/c1-25-17-8-5-14(9-18(17)26-2)15-10-19(22)20(12-15)11-13-3-6-16(7-4-13)21(23)24/h3-9,15H,10-12H2,1-2H3. The van der Waals surface area contributed by atoms with E-state index in [1.807, 2.05) is 18.2 Å². The van der Waals surface area contributed by atoms with Gasteiger partial charge in [0.25, 0.3) is 5.69 Å². The highest BCUT2D eigenvalue weighted by Gasteiger charge is 2.31. The maximum Gasteiger partial charge on any atom is 0.269 e. The number of benzene rings is 2. The number of hydrogen-bond donors (Lipinski definition) is 0. The van der Waals surface area contributed by atoms with Crippen LogP contribution in [-0.2, 0) is 11.3 Å². The van der Waals surface area contributed by atoms with Gasteiger partial charge in [0.15, 0.2) is 11.5 Å². The van der Waals surface area contributed by atoms with Crippen molar-refractivity contribution in [3.05, 3.63) is 63.7 Å². The largest absolute Gasteiger partial charge is 0.493 e. The fourth-order valence-corrected chi connectivity index (χ4v) is 3.20. The third-order valence-corrected chi connectivity index (χ3v) is 4.61. The molecule has 136 valence electrons. The number of likely N-dealkylation sites (tertiary alicyclic amines) is 1. The van der Waals surface area contributed by atoms with Crippen LogP contribution in [0.5, 0.6) is 11.5 Å². The van der Waals surface area contributed by atoms with Crippen LogP contribution in [0.1, 0.15) is 23.5 Å². The second-order valence-electron chi connectivity index (χ2n) is 6.21. The lowest BCUT2D eigenvalue weighted by atomic mass is 9.98. The van der Waals surface area contributed by atoms with Crippen LogP contribution >= 0.6 is 0 Å². The smallest absolute Gasteiger partial charge is 0.269 e. The number of nitro groups is 1. The zero-order chi connectivity index (χ0) is 18.7. The van der Waals surface area contributed by atoms with Crippen LogP contribution in [0, 0.1) is 10.1 Å². The second-order valence-corrected chi connectivity index (χ2v) is 6.21. The molecule has 7 heteroatoms. The van der Waals surface area contributed by atoms with E-state index in [2.05, 4.69) is 0 Å². The van der Waals surface area contributed by atoms with Crippen LogP contribution in [-0.4, -0.2) is 36.5 Å².